The normalized spacial score (nSPS) is 55.5. The minimum atomic E-state index is -1.96. The molecule has 1 saturated heterocycles. The van der Waals surface area contributed by atoms with E-state index in [4.69, 9.17) is 9.47 Å². The molecule has 9 heteroatoms. The van der Waals surface area contributed by atoms with Gasteiger partial charge >= 0.3 is 0 Å². The van der Waals surface area contributed by atoms with E-state index in [0.29, 0.717) is 25.9 Å². The Morgan fingerprint density at radius 3 is 2.36 bits per heavy atom. The summed E-state index contributed by atoms with van der Waals surface area (Å²) in [5.41, 5.74) is -6.74. The van der Waals surface area contributed by atoms with Gasteiger partial charge in [-0.3, -0.25) is 4.79 Å². The van der Waals surface area contributed by atoms with Gasteiger partial charge in [0.15, 0.2) is 12.1 Å². The van der Waals surface area contributed by atoms with E-state index in [1.165, 1.54) is 12.2 Å². The first-order chi connectivity index (χ1) is 19.4. The van der Waals surface area contributed by atoms with Crippen LogP contribution in [0.1, 0.15) is 87.0 Å². The Balaban J connectivity index is 1.42. The third kappa shape index (κ3) is 4.36. The summed E-state index contributed by atoms with van der Waals surface area (Å²) in [5, 5.41) is 68.1. The minimum Gasteiger partial charge on any atom is -0.393 e. The quantitative estimate of drug-likeness (QED) is 0.272. The zero-order chi connectivity index (χ0) is 31.2. The van der Waals surface area contributed by atoms with Gasteiger partial charge in [0.1, 0.15) is 17.3 Å². The molecule has 0 spiro atoms. The predicted molar refractivity (Wildman–Crippen MR) is 155 cm³/mol. The van der Waals surface area contributed by atoms with Gasteiger partial charge in [0.2, 0.25) is 0 Å². The molecule has 240 valence electrons. The number of hydrogen-bond acceptors (Lipinski definition) is 9. The molecule has 3 saturated carbocycles. The molecular formula is C33H54O9. The number of allylic oxidation sites excluding steroid dienone is 1. The smallest absolute Gasteiger partial charge is 0.189 e. The molecule has 0 radical (unpaired) electrons. The average Bonchev–Trinajstić information content (AvgIpc) is 3.19. The molecule has 6 N–H and O–H groups in total. The minimum absolute atomic E-state index is 0.0183. The van der Waals surface area contributed by atoms with Crippen LogP contribution in [0.25, 0.3) is 0 Å². The lowest BCUT2D eigenvalue weighted by molar-refractivity contribution is -0.343. The summed E-state index contributed by atoms with van der Waals surface area (Å²) < 4.78 is 12.5. The highest BCUT2D eigenvalue weighted by atomic mass is 16.7. The fourth-order valence-corrected chi connectivity index (χ4v) is 10.1. The molecule has 2 unspecified atom stereocenters. The second-order valence-electron chi connectivity index (χ2n) is 15.5. The van der Waals surface area contributed by atoms with Crippen LogP contribution >= 0.6 is 0 Å². The maximum Gasteiger partial charge on any atom is 0.189 e. The van der Waals surface area contributed by atoms with E-state index >= 15 is 0 Å². The summed E-state index contributed by atoms with van der Waals surface area (Å²) in [5.74, 6) is -0.790. The van der Waals surface area contributed by atoms with Gasteiger partial charge in [0, 0.05) is 6.42 Å². The Labute approximate surface area is 250 Å². The number of fused-ring (bicyclic) bond motifs is 5. The molecule has 9 nitrogen and oxygen atoms in total. The summed E-state index contributed by atoms with van der Waals surface area (Å²) >= 11 is 0. The molecule has 1 heterocycles. The molecule has 0 aromatic carbocycles. The molecule has 0 bridgehead atoms. The van der Waals surface area contributed by atoms with Crippen LogP contribution in [0.4, 0.5) is 0 Å². The zero-order valence-corrected chi connectivity index (χ0v) is 26.4. The van der Waals surface area contributed by atoms with Crippen molar-refractivity contribution in [3.05, 3.63) is 12.2 Å². The van der Waals surface area contributed by atoms with Gasteiger partial charge in [-0.25, -0.2) is 0 Å². The largest absolute Gasteiger partial charge is 0.393 e. The summed E-state index contributed by atoms with van der Waals surface area (Å²) in [6, 6.07) is 0. The van der Waals surface area contributed by atoms with Crippen molar-refractivity contribution in [3.63, 3.8) is 0 Å². The standard InChI is InChI=1S/C33H54O9/c1-8-17(2)16-41-28-32(7,39)30(5,38)15-23(42-28)18(3)27-22(34)14-21-19-13-26(37)33(40)25(36)10-9-24(35)31(33,6)20(19)11-12-29(21,27)4/h9-10,17-23,25-28,34,36-40H,8,11-16H2,1-7H3/t17?,18-,19-,20+,21-,22-,23?,25+,26+,27+,28-,29+,30-,31+,32-,33-/m1/s1. The Bertz CT molecular complexity index is 1070. The molecule has 4 aliphatic carbocycles. The first kappa shape index (κ1) is 32.5. The molecule has 5 rings (SSSR count). The van der Waals surface area contributed by atoms with Crippen molar-refractivity contribution in [2.45, 2.75) is 135 Å². The predicted octanol–water partition coefficient (Wildman–Crippen LogP) is 2.33. The summed E-state index contributed by atoms with van der Waals surface area (Å²) in [7, 11) is 0. The van der Waals surface area contributed by atoms with Gasteiger partial charge in [0.25, 0.3) is 0 Å². The number of hydrogen-bond donors (Lipinski definition) is 6. The second-order valence-corrected chi connectivity index (χ2v) is 15.5. The fourth-order valence-electron chi connectivity index (χ4n) is 10.1. The molecule has 42 heavy (non-hydrogen) atoms. The van der Waals surface area contributed by atoms with Gasteiger partial charge in [-0.2, -0.15) is 0 Å². The first-order valence-corrected chi connectivity index (χ1v) is 16.1. The van der Waals surface area contributed by atoms with Crippen LogP contribution in [-0.2, 0) is 14.3 Å². The van der Waals surface area contributed by atoms with Crippen LogP contribution in [0, 0.1) is 46.3 Å². The highest BCUT2D eigenvalue weighted by Crippen LogP contribution is 2.68. The Morgan fingerprint density at radius 2 is 1.71 bits per heavy atom. The Kier molecular flexibility index (Phi) is 8.18. The molecule has 0 amide bonds. The van der Waals surface area contributed by atoms with E-state index in [-0.39, 0.29) is 59.5 Å². The molecule has 1 aliphatic heterocycles. The first-order valence-electron chi connectivity index (χ1n) is 16.1. The van der Waals surface area contributed by atoms with E-state index in [9.17, 15) is 35.4 Å². The van der Waals surface area contributed by atoms with Gasteiger partial charge in [0.05, 0.1) is 35.9 Å². The topological polar surface area (TPSA) is 157 Å². The van der Waals surface area contributed by atoms with Crippen LogP contribution in [0.2, 0.25) is 0 Å². The highest BCUT2D eigenvalue weighted by Gasteiger charge is 2.72. The van der Waals surface area contributed by atoms with E-state index < -0.39 is 52.9 Å². The number of aliphatic hydroxyl groups excluding tert-OH is 3. The van der Waals surface area contributed by atoms with Crippen molar-refractivity contribution >= 4 is 5.78 Å². The number of ketones is 1. The maximum atomic E-state index is 13.4. The lowest BCUT2D eigenvalue weighted by Crippen LogP contribution is -2.73. The lowest BCUT2D eigenvalue weighted by Gasteiger charge is -2.64. The van der Waals surface area contributed by atoms with Crippen LogP contribution < -0.4 is 0 Å². The van der Waals surface area contributed by atoms with Crippen molar-refractivity contribution in [2.75, 3.05) is 6.61 Å². The van der Waals surface area contributed by atoms with Crippen LogP contribution in [0.3, 0.4) is 0 Å². The maximum absolute atomic E-state index is 13.4. The van der Waals surface area contributed by atoms with E-state index in [1.807, 2.05) is 6.92 Å². The Morgan fingerprint density at radius 1 is 1.05 bits per heavy atom. The van der Waals surface area contributed by atoms with Gasteiger partial charge in [-0.15, -0.1) is 0 Å². The monoisotopic (exact) mass is 594 g/mol. The number of rotatable bonds is 6. The molecule has 16 atom stereocenters. The second kappa shape index (κ2) is 10.6. The number of ether oxygens (including phenoxy) is 2. The zero-order valence-electron chi connectivity index (χ0n) is 26.4. The van der Waals surface area contributed by atoms with Crippen molar-refractivity contribution in [1.29, 1.82) is 0 Å². The van der Waals surface area contributed by atoms with Gasteiger partial charge in [-0.1, -0.05) is 34.1 Å². The molecule has 4 fully saturated rings. The number of aliphatic hydroxyl groups is 6. The van der Waals surface area contributed by atoms with Crippen molar-refractivity contribution in [3.8, 4) is 0 Å². The summed E-state index contributed by atoms with van der Waals surface area (Å²) in [4.78, 5) is 13.4. The summed E-state index contributed by atoms with van der Waals surface area (Å²) in [6.07, 6.45) is 0.990. The summed E-state index contributed by atoms with van der Waals surface area (Å²) in [6.45, 7) is 13.6. The lowest BCUT2D eigenvalue weighted by atomic mass is 9.42. The fraction of sp³-hybridized carbons (Fsp3) is 0.909. The highest BCUT2D eigenvalue weighted by molar-refractivity contribution is 5.97. The van der Waals surface area contributed by atoms with Crippen molar-refractivity contribution < 1.29 is 44.9 Å². The van der Waals surface area contributed by atoms with Gasteiger partial charge in [-0.05, 0) is 99.5 Å². The number of carbonyl (C=O) groups is 1. The van der Waals surface area contributed by atoms with Crippen molar-refractivity contribution in [2.24, 2.45) is 46.3 Å². The SMILES string of the molecule is CCC(C)CO[C@@H]1OC([C@@H](C)[C@H]2[C@H](O)C[C@@H]3[C@@H]4C[C@H](O)[C@]5(O)[C@@H](O)C=CC(=O)[C@]5(C)[C@H]4CC[C@]23C)C[C@@](C)(O)[C@]1(C)O. The molecule has 0 aromatic rings. The van der Waals surface area contributed by atoms with Crippen molar-refractivity contribution in [1.82, 2.24) is 0 Å². The van der Waals surface area contributed by atoms with Crippen LogP contribution in [-0.4, -0.2) is 90.5 Å². The number of carbonyl (C=O) groups excluding carboxylic acids is 1. The van der Waals surface area contributed by atoms with E-state index in [0.717, 1.165) is 6.42 Å². The average molecular weight is 595 g/mol. The van der Waals surface area contributed by atoms with Crippen LogP contribution in [0.15, 0.2) is 12.2 Å². The molecular weight excluding hydrogens is 540 g/mol. The van der Waals surface area contributed by atoms with E-state index in [2.05, 4.69) is 20.8 Å². The Hall–Kier alpha value is -0.910. The van der Waals surface area contributed by atoms with Crippen LogP contribution in [0.5, 0.6) is 0 Å². The third-order valence-electron chi connectivity index (χ3n) is 13.3. The van der Waals surface area contributed by atoms with E-state index in [1.54, 1.807) is 20.8 Å². The third-order valence-corrected chi connectivity index (χ3v) is 13.3. The molecule has 5 aliphatic rings. The molecule has 0 aromatic heterocycles. The van der Waals surface area contributed by atoms with Gasteiger partial charge < -0.3 is 40.1 Å².